The highest BCUT2D eigenvalue weighted by atomic mass is 16.5. The molecule has 1 aliphatic heterocycles. The number of fused-ring (bicyclic) bond motifs is 1. The summed E-state index contributed by atoms with van der Waals surface area (Å²) in [4.78, 5) is 14.6. The fraction of sp³-hybridized carbons (Fsp3) is 0.350. The van der Waals surface area contributed by atoms with Crippen LogP contribution in [-0.2, 0) is 33.0 Å². The summed E-state index contributed by atoms with van der Waals surface area (Å²) in [6.07, 6.45) is 5.51. The van der Waals surface area contributed by atoms with Crippen molar-refractivity contribution in [1.29, 1.82) is 0 Å². The summed E-state index contributed by atoms with van der Waals surface area (Å²) in [6, 6.07) is 10.3. The zero-order valence-electron chi connectivity index (χ0n) is 15.4. The van der Waals surface area contributed by atoms with Crippen LogP contribution in [0.4, 0.5) is 0 Å². The van der Waals surface area contributed by atoms with Crippen molar-refractivity contribution in [1.82, 2.24) is 25.2 Å². The van der Waals surface area contributed by atoms with Gasteiger partial charge in [-0.3, -0.25) is 14.4 Å². The van der Waals surface area contributed by atoms with Crippen LogP contribution in [-0.4, -0.2) is 38.8 Å². The van der Waals surface area contributed by atoms with E-state index in [2.05, 4.69) is 44.7 Å². The first-order chi connectivity index (χ1) is 13.2. The third-order valence-corrected chi connectivity index (χ3v) is 4.84. The number of aryl methyl sites for hydroxylation is 1. The predicted molar refractivity (Wildman–Crippen MR) is 100 cm³/mol. The Hall–Kier alpha value is -2.93. The number of carbonyl (C=O) groups excluding carboxylic acids is 1. The number of aromatic nitrogens is 3. The predicted octanol–water partition coefficient (Wildman–Crippen LogP) is 1.94. The van der Waals surface area contributed by atoms with Gasteiger partial charge >= 0.3 is 0 Å². The quantitative estimate of drug-likeness (QED) is 0.722. The standard InChI is InChI=1S/C20H23N5O2/c1-24-12-15(11-22-24)6-8-21-20(26)19-10-18(27-23-19)14-25-9-7-16-4-2-3-5-17(16)13-25/h2-5,10-12H,6-9,13-14H2,1H3,(H,21,26). The van der Waals surface area contributed by atoms with Gasteiger partial charge < -0.3 is 9.84 Å². The molecule has 0 spiro atoms. The third kappa shape index (κ3) is 4.25. The smallest absolute Gasteiger partial charge is 0.273 e. The van der Waals surface area contributed by atoms with Gasteiger partial charge in [-0.15, -0.1) is 0 Å². The highest BCUT2D eigenvalue weighted by molar-refractivity contribution is 5.92. The van der Waals surface area contributed by atoms with Gasteiger partial charge in [-0.1, -0.05) is 29.4 Å². The van der Waals surface area contributed by atoms with Crippen LogP contribution in [0.3, 0.4) is 0 Å². The molecule has 0 bridgehead atoms. The molecule has 1 N–H and O–H groups in total. The summed E-state index contributed by atoms with van der Waals surface area (Å²) in [6.45, 7) is 3.06. The van der Waals surface area contributed by atoms with E-state index >= 15 is 0 Å². The van der Waals surface area contributed by atoms with Gasteiger partial charge in [0.2, 0.25) is 0 Å². The largest absolute Gasteiger partial charge is 0.359 e. The Labute approximate surface area is 158 Å². The van der Waals surface area contributed by atoms with E-state index in [1.807, 2.05) is 13.2 Å². The van der Waals surface area contributed by atoms with Crippen molar-refractivity contribution < 1.29 is 9.32 Å². The Kier molecular flexibility index (Phi) is 5.02. The molecule has 7 nitrogen and oxygen atoms in total. The zero-order valence-corrected chi connectivity index (χ0v) is 15.4. The van der Waals surface area contributed by atoms with E-state index in [0.717, 1.165) is 31.5 Å². The number of benzene rings is 1. The second-order valence-electron chi connectivity index (χ2n) is 6.94. The molecule has 1 aromatic carbocycles. The molecule has 0 unspecified atom stereocenters. The lowest BCUT2D eigenvalue weighted by Gasteiger charge is -2.27. The van der Waals surface area contributed by atoms with Gasteiger partial charge in [-0.05, 0) is 29.5 Å². The number of hydrogen-bond acceptors (Lipinski definition) is 5. The van der Waals surface area contributed by atoms with Gasteiger partial charge in [0.25, 0.3) is 5.91 Å². The van der Waals surface area contributed by atoms with E-state index in [1.54, 1.807) is 16.9 Å². The molecule has 140 valence electrons. The minimum atomic E-state index is -0.210. The molecule has 3 heterocycles. The molecule has 0 radical (unpaired) electrons. The van der Waals surface area contributed by atoms with Gasteiger partial charge in [-0.25, -0.2) is 0 Å². The van der Waals surface area contributed by atoms with E-state index in [9.17, 15) is 4.79 Å². The summed E-state index contributed by atoms with van der Waals surface area (Å²) < 4.78 is 7.13. The van der Waals surface area contributed by atoms with Crippen LogP contribution in [0.2, 0.25) is 0 Å². The van der Waals surface area contributed by atoms with Gasteiger partial charge in [0.05, 0.1) is 12.7 Å². The number of nitrogens with zero attached hydrogens (tertiary/aromatic N) is 4. The fourth-order valence-corrected chi connectivity index (χ4v) is 3.42. The number of nitrogens with one attached hydrogen (secondary N) is 1. The Bertz CT molecular complexity index is 930. The van der Waals surface area contributed by atoms with Crippen LogP contribution in [0.25, 0.3) is 0 Å². The summed E-state index contributed by atoms with van der Waals surface area (Å²) in [7, 11) is 1.87. The zero-order chi connectivity index (χ0) is 18.6. The number of rotatable bonds is 6. The van der Waals surface area contributed by atoms with E-state index in [4.69, 9.17) is 4.52 Å². The third-order valence-electron chi connectivity index (χ3n) is 4.84. The Morgan fingerprint density at radius 3 is 2.96 bits per heavy atom. The topological polar surface area (TPSA) is 76.2 Å². The minimum Gasteiger partial charge on any atom is -0.359 e. The highest BCUT2D eigenvalue weighted by Crippen LogP contribution is 2.20. The van der Waals surface area contributed by atoms with Crippen molar-refractivity contribution in [3.63, 3.8) is 0 Å². The summed E-state index contributed by atoms with van der Waals surface area (Å²) in [5.41, 5.74) is 4.19. The molecular weight excluding hydrogens is 342 g/mol. The molecule has 27 heavy (non-hydrogen) atoms. The van der Waals surface area contributed by atoms with E-state index in [1.165, 1.54) is 11.1 Å². The van der Waals surface area contributed by atoms with Gasteiger partial charge in [0, 0.05) is 38.9 Å². The van der Waals surface area contributed by atoms with Gasteiger partial charge in [-0.2, -0.15) is 5.10 Å². The SMILES string of the molecule is Cn1cc(CCNC(=O)c2cc(CN3CCc4ccccc4C3)on2)cn1. The van der Waals surface area contributed by atoms with Crippen molar-refractivity contribution in [2.24, 2.45) is 7.05 Å². The van der Waals surface area contributed by atoms with Gasteiger partial charge in [0.15, 0.2) is 11.5 Å². The van der Waals surface area contributed by atoms with E-state index in [0.29, 0.717) is 24.5 Å². The second kappa shape index (κ2) is 7.75. The van der Waals surface area contributed by atoms with Crippen LogP contribution in [0.5, 0.6) is 0 Å². The Balaban J connectivity index is 1.28. The van der Waals surface area contributed by atoms with Crippen molar-refractivity contribution in [3.05, 3.63) is 70.9 Å². The van der Waals surface area contributed by atoms with E-state index in [-0.39, 0.29) is 5.91 Å². The first kappa shape index (κ1) is 17.5. The average Bonchev–Trinajstić information content (AvgIpc) is 3.31. The van der Waals surface area contributed by atoms with Crippen LogP contribution >= 0.6 is 0 Å². The van der Waals surface area contributed by atoms with E-state index < -0.39 is 0 Å². The van der Waals surface area contributed by atoms with Crippen LogP contribution in [0.1, 0.15) is 32.9 Å². The summed E-state index contributed by atoms with van der Waals surface area (Å²) in [5, 5.41) is 10.9. The summed E-state index contributed by atoms with van der Waals surface area (Å²) in [5.74, 6) is 0.504. The monoisotopic (exact) mass is 365 g/mol. The number of hydrogen-bond donors (Lipinski definition) is 1. The lowest BCUT2D eigenvalue weighted by Crippen LogP contribution is -2.29. The number of amides is 1. The molecule has 4 rings (SSSR count). The molecule has 7 heteroatoms. The normalized spacial score (nSPS) is 14.1. The van der Waals surface area contributed by atoms with Crippen molar-refractivity contribution >= 4 is 5.91 Å². The molecular formula is C20H23N5O2. The molecule has 0 aliphatic carbocycles. The average molecular weight is 365 g/mol. The van der Waals surface area contributed by atoms with Gasteiger partial charge in [0.1, 0.15) is 0 Å². The van der Waals surface area contributed by atoms with Crippen molar-refractivity contribution in [2.75, 3.05) is 13.1 Å². The van der Waals surface area contributed by atoms with Crippen LogP contribution < -0.4 is 5.32 Å². The van der Waals surface area contributed by atoms with Crippen molar-refractivity contribution in [2.45, 2.75) is 25.9 Å². The number of carbonyl (C=O) groups is 1. The Morgan fingerprint density at radius 1 is 1.30 bits per heavy atom. The maximum Gasteiger partial charge on any atom is 0.273 e. The maximum atomic E-state index is 12.2. The molecule has 1 amide bonds. The summed E-state index contributed by atoms with van der Waals surface area (Å²) >= 11 is 0. The first-order valence-corrected chi connectivity index (χ1v) is 9.18. The minimum absolute atomic E-state index is 0.210. The first-order valence-electron chi connectivity index (χ1n) is 9.18. The fourth-order valence-electron chi connectivity index (χ4n) is 3.42. The molecule has 3 aromatic rings. The molecule has 0 saturated carbocycles. The lowest BCUT2D eigenvalue weighted by atomic mass is 10.00. The second-order valence-corrected chi connectivity index (χ2v) is 6.94. The lowest BCUT2D eigenvalue weighted by molar-refractivity contribution is 0.0945. The molecule has 0 saturated heterocycles. The molecule has 1 aliphatic rings. The molecule has 2 aromatic heterocycles. The van der Waals surface area contributed by atoms with Crippen molar-refractivity contribution in [3.8, 4) is 0 Å². The Morgan fingerprint density at radius 2 is 2.15 bits per heavy atom. The van der Waals surface area contributed by atoms with Crippen LogP contribution in [0, 0.1) is 0 Å². The highest BCUT2D eigenvalue weighted by Gasteiger charge is 2.19. The molecule has 0 fully saturated rings. The van der Waals surface area contributed by atoms with Crippen LogP contribution in [0.15, 0.2) is 47.2 Å². The maximum absolute atomic E-state index is 12.2. The molecule has 0 atom stereocenters.